The van der Waals surface area contributed by atoms with E-state index in [0.29, 0.717) is 0 Å². The number of benzene rings is 1. The Morgan fingerprint density at radius 1 is 1.53 bits per heavy atom. The zero-order chi connectivity index (χ0) is 11.4. The van der Waals surface area contributed by atoms with Crippen molar-refractivity contribution < 1.29 is 13.6 Å². The highest BCUT2D eigenvalue weighted by atomic mass is 32.2. The Hall–Kier alpha value is -1.14. The van der Waals surface area contributed by atoms with Crippen LogP contribution in [0.15, 0.2) is 23.1 Å². The van der Waals surface area contributed by atoms with Crippen molar-refractivity contribution in [3.63, 3.8) is 0 Å². The number of hydrogen-bond donors (Lipinski definition) is 2. The molecule has 15 heavy (non-hydrogen) atoms. The molecule has 1 aromatic rings. The Morgan fingerprint density at radius 2 is 2.20 bits per heavy atom. The van der Waals surface area contributed by atoms with E-state index < -0.39 is 22.8 Å². The van der Waals surface area contributed by atoms with Crippen LogP contribution in [0, 0.1) is 11.6 Å². The van der Waals surface area contributed by atoms with Crippen molar-refractivity contribution in [3.8, 4) is 0 Å². The number of nitrogens with two attached hydrogens (primary N) is 1. The van der Waals surface area contributed by atoms with Crippen LogP contribution in [0.1, 0.15) is 6.92 Å². The van der Waals surface area contributed by atoms with E-state index in [9.17, 15) is 13.6 Å². The number of amides is 1. The van der Waals surface area contributed by atoms with E-state index in [4.69, 9.17) is 5.84 Å². The highest BCUT2D eigenvalue weighted by Crippen LogP contribution is 2.26. The Bertz CT molecular complexity index is 373. The lowest BCUT2D eigenvalue weighted by Gasteiger charge is -2.09. The molecule has 3 N–H and O–H groups in total. The average Bonchev–Trinajstić information content (AvgIpc) is 2.22. The summed E-state index contributed by atoms with van der Waals surface area (Å²) in [6.45, 7) is 1.55. The molecule has 6 heteroatoms. The minimum absolute atomic E-state index is 0.0890. The summed E-state index contributed by atoms with van der Waals surface area (Å²) in [6.07, 6.45) is 0. The number of nitrogens with one attached hydrogen (secondary N) is 1. The van der Waals surface area contributed by atoms with Crippen molar-refractivity contribution in [3.05, 3.63) is 29.8 Å². The van der Waals surface area contributed by atoms with E-state index in [2.05, 4.69) is 0 Å². The predicted molar refractivity (Wildman–Crippen MR) is 54.0 cm³/mol. The number of rotatable bonds is 3. The molecule has 1 rings (SSSR count). The van der Waals surface area contributed by atoms with Gasteiger partial charge < -0.3 is 0 Å². The number of hydrogen-bond acceptors (Lipinski definition) is 3. The minimum atomic E-state index is -0.578. The lowest BCUT2D eigenvalue weighted by atomic mass is 10.3. The van der Waals surface area contributed by atoms with Crippen molar-refractivity contribution in [2.75, 3.05) is 0 Å². The molecule has 0 spiro atoms. The van der Waals surface area contributed by atoms with Crippen LogP contribution in [-0.4, -0.2) is 11.2 Å². The van der Waals surface area contributed by atoms with Crippen molar-refractivity contribution in [2.24, 2.45) is 5.84 Å². The van der Waals surface area contributed by atoms with Crippen molar-refractivity contribution in [1.82, 2.24) is 5.43 Å². The Kier molecular flexibility index (Phi) is 4.05. The standard InChI is InChI=1S/C9H10F2N2OS/c1-5(9(14)13-12)15-8-4-6(10)2-3-7(8)11/h2-5H,12H2,1H3,(H,13,14). The van der Waals surface area contributed by atoms with Crippen molar-refractivity contribution in [2.45, 2.75) is 17.1 Å². The van der Waals surface area contributed by atoms with Crippen LogP contribution < -0.4 is 11.3 Å². The van der Waals surface area contributed by atoms with Gasteiger partial charge in [-0.25, -0.2) is 14.6 Å². The maximum absolute atomic E-state index is 13.1. The summed E-state index contributed by atoms with van der Waals surface area (Å²) in [5.74, 6) is 3.37. The third-order valence-electron chi connectivity index (χ3n) is 1.71. The van der Waals surface area contributed by atoms with Gasteiger partial charge in [0.15, 0.2) is 0 Å². The molecule has 0 aliphatic carbocycles. The van der Waals surface area contributed by atoms with Gasteiger partial charge in [0.1, 0.15) is 11.6 Å². The van der Waals surface area contributed by atoms with E-state index in [-0.39, 0.29) is 4.90 Å². The summed E-state index contributed by atoms with van der Waals surface area (Å²) in [5.41, 5.74) is 1.94. The topological polar surface area (TPSA) is 55.1 Å². The van der Waals surface area contributed by atoms with E-state index in [1.54, 1.807) is 6.92 Å². The minimum Gasteiger partial charge on any atom is -0.293 e. The molecule has 82 valence electrons. The first kappa shape index (κ1) is 11.9. The van der Waals surface area contributed by atoms with Crippen LogP contribution in [-0.2, 0) is 4.79 Å². The molecular weight excluding hydrogens is 222 g/mol. The normalized spacial score (nSPS) is 12.3. The van der Waals surface area contributed by atoms with Crippen LogP contribution in [0.3, 0.4) is 0 Å². The van der Waals surface area contributed by atoms with Crippen LogP contribution in [0.25, 0.3) is 0 Å². The monoisotopic (exact) mass is 232 g/mol. The summed E-state index contributed by atoms with van der Waals surface area (Å²) < 4.78 is 25.9. The van der Waals surface area contributed by atoms with Gasteiger partial charge in [-0.15, -0.1) is 11.8 Å². The highest BCUT2D eigenvalue weighted by molar-refractivity contribution is 8.00. The number of hydrazine groups is 1. The SMILES string of the molecule is CC(Sc1cc(F)ccc1F)C(=O)NN. The summed E-state index contributed by atoms with van der Waals surface area (Å²) in [4.78, 5) is 11.1. The molecule has 0 heterocycles. The molecule has 1 atom stereocenters. The Morgan fingerprint density at radius 3 is 2.80 bits per heavy atom. The fourth-order valence-electron chi connectivity index (χ4n) is 0.929. The molecular formula is C9H10F2N2OS. The van der Waals surface area contributed by atoms with Gasteiger partial charge in [-0.1, -0.05) is 0 Å². The second-order valence-corrected chi connectivity index (χ2v) is 4.23. The van der Waals surface area contributed by atoms with Gasteiger partial charge in [-0.05, 0) is 25.1 Å². The molecule has 0 saturated carbocycles. The second-order valence-electron chi connectivity index (χ2n) is 2.84. The van der Waals surface area contributed by atoms with Gasteiger partial charge in [-0.2, -0.15) is 0 Å². The van der Waals surface area contributed by atoms with Crippen molar-refractivity contribution >= 4 is 17.7 Å². The van der Waals surface area contributed by atoms with E-state index in [1.165, 1.54) is 0 Å². The molecule has 0 bridgehead atoms. The van der Waals surface area contributed by atoms with Crippen LogP contribution in [0.4, 0.5) is 8.78 Å². The predicted octanol–water partition coefficient (Wildman–Crippen LogP) is 1.44. The molecule has 0 aliphatic heterocycles. The molecule has 0 radical (unpaired) electrons. The van der Waals surface area contributed by atoms with Crippen LogP contribution in [0.2, 0.25) is 0 Å². The summed E-state index contributed by atoms with van der Waals surface area (Å²) in [7, 11) is 0. The fraction of sp³-hybridized carbons (Fsp3) is 0.222. The zero-order valence-electron chi connectivity index (χ0n) is 7.96. The molecule has 1 amide bonds. The molecule has 0 saturated heterocycles. The number of halogens is 2. The first-order valence-electron chi connectivity index (χ1n) is 4.16. The summed E-state index contributed by atoms with van der Waals surface area (Å²) in [5, 5.41) is -0.578. The average molecular weight is 232 g/mol. The Labute approximate surface area is 90.0 Å². The van der Waals surface area contributed by atoms with Gasteiger partial charge in [0.05, 0.1) is 5.25 Å². The first-order valence-corrected chi connectivity index (χ1v) is 5.04. The second kappa shape index (κ2) is 5.09. The largest absolute Gasteiger partial charge is 0.293 e. The molecule has 0 aliphatic rings. The van der Waals surface area contributed by atoms with Gasteiger partial charge in [-0.3, -0.25) is 10.2 Å². The van der Waals surface area contributed by atoms with E-state index in [1.807, 2.05) is 5.43 Å². The van der Waals surface area contributed by atoms with Crippen LogP contribution >= 0.6 is 11.8 Å². The third-order valence-corrected chi connectivity index (χ3v) is 2.84. The molecule has 1 aromatic carbocycles. The van der Waals surface area contributed by atoms with E-state index >= 15 is 0 Å². The van der Waals surface area contributed by atoms with Gasteiger partial charge in [0, 0.05) is 4.90 Å². The summed E-state index contributed by atoms with van der Waals surface area (Å²) in [6, 6.07) is 3.08. The maximum Gasteiger partial charge on any atom is 0.247 e. The van der Waals surface area contributed by atoms with Gasteiger partial charge in [0.25, 0.3) is 0 Å². The molecule has 1 unspecified atom stereocenters. The number of thioether (sulfide) groups is 1. The van der Waals surface area contributed by atoms with Gasteiger partial charge >= 0.3 is 0 Å². The lowest BCUT2D eigenvalue weighted by Crippen LogP contribution is -2.36. The smallest absolute Gasteiger partial charge is 0.247 e. The quantitative estimate of drug-likeness (QED) is 0.359. The molecule has 0 aromatic heterocycles. The maximum atomic E-state index is 13.1. The van der Waals surface area contributed by atoms with Crippen LogP contribution in [0.5, 0.6) is 0 Å². The third kappa shape index (κ3) is 3.17. The number of carbonyl (C=O) groups excluding carboxylic acids is 1. The fourth-order valence-corrected chi connectivity index (χ4v) is 1.85. The molecule has 3 nitrogen and oxygen atoms in total. The molecule has 0 fully saturated rings. The first-order chi connectivity index (χ1) is 7.04. The number of carbonyl (C=O) groups is 1. The summed E-state index contributed by atoms with van der Waals surface area (Å²) >= 11 is 0.910. The van der Waals surface area contributed by atoms with Gasteiger partial charge in [0.2, 0.25) is 5.91 Å². The lowest BCUT2D eigenvalue weighted by molar-refractivity contribution is -0.120. The highest BCUT2D eigenvalue weighted by Gasteiger charge is 2.15. The van der Waals surface area contributed by atoms with Crippen molar-refractivity contribution in [1.29, 1.82) is 0 Å². The zero-order valence-corrected chi connectivity index (χ0v) is 8.78. The van der Waals surface area contributed by atoms with E-state index in [0.717, 1.165) is 30.0 Å². The Balaban J connectivity index is 2.80.